The second-order valence-corrected chi connectivity index (χ2v) is 6.70. The zero-order chi connectivity index (χ0) is 18.1. The Balaban J connectivity index is 1.47. The van der Waals surface area contributed by atoms with Gasteiger partial charge >= 0.3 is 0 Å². The first kappa shape index (κ1) is 16.4. The summed E-state index contributed by atoms with van der Waals surface area (Å²) < 4.78 is 1.55. The van der Waals surface area contributed by atoms with E-state index in [1.165, 1.54) is 0 Å². The SMILES string of the molecule is Cc1cc(C)nc(N2CC(Cn3nc(-c4cccnc4)ccc3=O)C2)n1. The van der Waals surface area contributed by atoms with Crippen LogP contribution in [0.5, 0.6) is 0 Å². The van der Waals surface area contributed by atoms with E-state index < -0.39 is 0 Å². The molecule has 1 aliphatic heterocycles. The summed E-state index contributed by atoms with van der Waals surface area (Å²) in [5.41, 5.74) is 3.52. The third-order valence-electron chi connectivity index (χ3n) is 4.47. The van der Waals surface area contributed by atoms with Gasteiger partial charge in [0.05, 0.1) is 12.2 Å². The number of rotatable bonds is 4. The molecule has 3 aromatic heterocycles. The van der Waals surface area contributed by atoms with Gasteiger partial charge in [0.2, 0.25) is 5.95 Å². The van der Waals surface area contributed by atoms with Crippen molar-refractivity contribution >= 4 is 5.95 Å². The number of anilines is 1. The average Bonchev–Trinajstić information content (AvgIpc) is 2.59. The van der Waals surface area contributed by atoms with E-state index in [9.17, 15) is 4.79 Å². The van der Waals surface area contributed by atoms with Crippen molar-refractivity contribution in [2.45, 2.75) is 20.4 Å². The maximum atomic E-state index is 12.2. The molecule has 1 aliphatic rings. The summed E-state index contributed by atoms with van der Waals surface area (Å²) in [6.45, 7) is 6.20. The third-order valence-corrected chi connectivity index (χ3v) is 4.47. The standard InChI is InChI=1S/C19H20N6O/c1-13-8-14(2)22-19(21-13)24-10-15(11-24)12-25-18(26)6-5-17(23-25)16-4-3-7-20-9-16/h3-9,15H,10-12H2,1-2H3. The molecule has 3 aromatic rings. The lowest BCUT2D eigenvalue weighted by Gasteiger charge is -2.39. The van der Waals surface area contributed by atoms with Crippen LogP contribution in [0.15, 0.2) is 47.5 Å². The lowest BCUT2D eigenvalue weighted by molar-refractivity contribution is 0.331. The zero-order valence-electron chi connectivity index (χ0n) is 14.8. The van der Waals surface area contributed by atoms with E-state index in [1.54, 1.807) is 29.2 Å². The van der Waals surface area contributed by atoms with Crippen LogP contribution in [0.25, 0.3) is 11.3 Å². The highest BCUT2D eigenvalue weighted by atomic mass is 16.1. The van der Waals surface area contributed by atoms with Gasteiger partial charge in [-0.15, -0.1) is 0 Å². The van der Waals surface area contributed by atoms with Gasteiger partial charge in [-0.25, -0.2) is 14.6 Å². The molecule has 0 bridgehead atoms. The van der Waals surface area contributed by atoms with Crippen LogP contribution in [-0.2, 0) is 6.54 Å². The molecule has 0 unspecified atom stereocenters. The second kappa shape index (κ2) is 6.67. The van der Waals surface area contributed by atoms with Crippen LogP contribution in [0, 0.1) is 19.8 Å². The molecule has 0 N–H and O–H groups in total. The van der Waals surface area contributed by atoms with Gasteiger partial charge in [0.25, 0.3) is 5.56 Å². The van der Waals surface area contributed by atoms with E-state index in [4.69, 9.17) is 0 Å². The predicted octanol–water partition coefficient (Wildman–Crippen LogP) is 1.85. The topological polar surface area (TPSA) is 76.8 Å². The first-order valence-electron chi connectivity index (χ1n) is 8.64. The Morgan fingerprint density at radius 1 is 1.12 bits per heavy atom. The molecule has 7 heteroatoms. The van der Waals surface area contributed by atoms with Crippen LogP contribution in [0.2, 0.25) is 0 Å². The zero-order valence-corrected chi connectivity index (χ0v) is 14.8. The van der Waals surface area contributed by atoms with E-state index in [2.05, 4.69) is 25.0 Å². The maximum Gasteiger partial charge on any atom is 0.266 e. The fraction of sp³-hybridized carbons (Fsp3) is 0.316. The third kappa shape index (κ3) is 3.33. The molecule has 0 aliphatic carbocycles. The predicted molar refractivity (Wildman–Crippen MR) is 98.9 cm³/mol. The van der Waals surface area contributed by atoms with Crippen molar-refractivity contribution in [1.82, 2.24) is 24.7 Å². The highest BCUT2D eigenvalue weighted by Crippen LogP contribution is 2.23. The smallest absolute Gasteiger partial charge is 0.266 e. The largest absolute Gasteiger partial charge is 0.340 e. The van der Waals surface area contributed by atoms with Crippen molar-refractivity contribution in [3.8, 4) is 11.3 Å². The summed E-state index contributed by atoms with van der Waals surface area (Å²) in [5.74, 6) is 1.12. The fourth-order valence-corrected chi connectivity index (χ4v) is 3.19. The quantitative estimate of drug-likeness (QED) is 0.716. The van der Waals surface area contributed by atoms with Crippen molar-refractivity contribution in [1.29, 1.82) is 0 Å². The van der Waals surface area contributed by atoms with Crippen molar-refractivity contribution in [2.24, 2.45) is 5.92 Å². The molecule has 132 valence electrons. The lowest BCUT2D eigenvalue weighted by Crippen LogP contribution is -2.50. The molecule has 0 radical (unpaired) electrons. The lowest BCUT2D eigenvalue weighted by atomic mass is 10.0. The molecule has 0 spiro atoms. The van der Waals surface area contributed by atoms with Gasteiger partial charge in [-0.1, -0.05) is 0 Å². The summed E-state index contributed by atoms with van der Waals surface area (Å²) in [7, 11) is 0. The fourth-order valence-electron chi connectivity index (χ4n) is 3.19. The molecular weight excluding hydrogens is 328 g/mol. The number of aromatic nitrogens is 5. The average molecular weight is 348 g/mol. The Labute approximate surface area is 151 Å². The van der Waals surface area contributed by atoms with Crippen molar-refractivity contribution in [3.63, 3.8) is 0 Å². The molecule has 0 amide bonds. The number of hydrogen-bond acceptors (Lipinski definition) is 6. The first-order chi connectivity index (χ1) is 12.6. The summed E-state index contributed by atoms with van der Waals surface area (Å²) in [6, 6.07) is 9.08. The highest BCUT2D eigenvalue weighted by molar-refractivity contribution is 5.56. The van der Waals surface area contributed by atoms with Gasteiger partial charge in [0.15, 0.2) is 0 Å². The molecule has 4 heterocycles. The van der Waals surface area contributed by atoms with E-state index in [1.807, 2.05) is 32.0 Å². The van der Waals surface area contributed by atoms with E-state index in [0.29, 0.717) is 12.5 Å². The van der Waals surface area contributed by atoms with Gasteiger partial charge in [-0.2, -0.15) is 5.10 Å². The summed E-state index contributed by atoms with van der Waals surface area (Å²) in [5, 5.41) is 4.50. The normalized spacial score (nSPS) is 14.3. The van der Waals surface area contributed by atoms with Crippen LogP contribution >= 0.6 is 0 Å². The minimum atomic E-state index is -0.0845. The van der Waals surface area contributed by atoms with E-state index in [0.717, 1.165) is 41.7 Å². The molecule has 1 saturated heterocycles. The first-order valence-corrected chi connectivity index (χ1v) is 8.64. The summed E-state index contributed by atoms with van der Waals surface area (Å²) >= 11 is 0. The van der Waals surface area contributed by atoms with E-state index in [-0.39, 0.29) is 5.56 Å². The maximum absolute atomic E-state index is 12.2. The number of pyridine rings is 1. The Morgan fingerprint density at radius 3 is 2.58 bits per heavy atom. The number of aryl methyl sites for hydroxylation is 2. The number of hydrogen-bond donors (Lipinski definition) is 0. The van der Waals surface area contributed by atoms with Crippen molar-refractivity contribution < 1.29 is 0 Å². The molecule has 0 aromatic carbocycles. The second-order valence-electron chi connectivity index (χ2n) is 6.70. The molecule has 0 atom stereocenters. The Morgan fingerprint density at radius 2 is 1.88 bits per heavy atom. The monoisotopic (exact) mass is 348 g/mol. The molecule has 0 saturated carbocycles. The summed E-state index contributed by atoms with van der Waals surface area (Å²) in [4.78, 5) is 27.4. The van der Waals surface area contributed by atoms with Crippen LogP contribution < -0.4 is 10.5 Å². The Hall–Kier alpha value is -3.09. The van der Waals surface area contributed by atoms with Crippen molar-refractivity contribution in [3.05, 3.63) is 64.5 Å². The Kier molecular flexibility index (Phi) is 4.20. The van der Waals surface area contributed by atoms with Gasteiger partial charge in [-0.3, -0.25) is 9.78 Å². The van der Waals surface area contributed by atoms with Crippen LogP contribution in [0.3, 0.4) is 0 Å². The van der Waals surface area contributed by atoms with Gasteiger partial charge < -0.3 is 4.90 Å². The molecule has 26 heavy (non-hydrogen) atoms. The summed E-state index contributed by atoms with van der Waals surface area (Å²) in [6.07, 6.45) is 3.47. The van der Waals surface area contributed by atoms with Gasteiger partial charge in [0, 0.05) is 54.4 Å². The molecule has 1 fully saturated rings. The van der Waals surface area contributed by atoms with Gasteiger partial charge in [0.1, 0.15) is 0 Å². The van der Waals surface area contributed by atoms with Crippen LogP contribution in [0.4, 0.5) is 5.95 Å². The van der Waals surface area contributed by atoms with Crippen molar-refractivity contribution in [2.75, 3.05) is 18.0 Å². The minimum Gasteiger partial charge on any atom is -0.340 e. The Bertz CT molecular complexity index is 959. The van der Waals surface area contributed by atoms with Gasteiger partial charge in [-0.05, 0) is 38.1 Å². The van der Waals surface area contributed by atoms with E-state index >= 15 is 0 Å². The molecular formula is C19H20N6O. The van der Waals surface area contributed by atoms with Crippen LogP contribution in [0.1, 0.15) is 11.4 Å². The minimum absolute atomic E-state index is 0.0845. The molecule has 4 rings (SSSR count). The molecule has 7 nitrogen and oxygen atoms in total. The van der Waals surface area contributed by atoms with Crippen LogP contribution in [-0.4, -0.2) is 37.8 Å². The number of nitrogens with zero attached hydrogens (tertiary/aromatic N) is 6. The highest BCUT2D eigenvalue weighted by Gasteiger charge is 2.29.